The van der Waals surface area contributed by atoms with Gasteiger partial charge in [0.15, 0.2) is 11.6 Å². The minimum Gasteiger partial charge on any atom is -0.493 e. The van der Waals surface area contributed by atoms with Gasteiger partial charge < -0.3 is 24.4 Å². The van der Waals surface area contributed by atoms with E-state index in [0.717, 1.165) is 54.7 Å². The van der Waals surface area contributed by atoms with Crippen LogP contribution >= 0.6 is 0 Å². The monoisotopic (exact) mass is 608 g/mol. The van der Waals surface area contributed by atoms with E-state index in [0.29, 0.717) is 49.2 Å². The van der Waals surface area contributed by atoms with E-state index in [2.05, 4.69) is 57.0 Å². The van der Waals surface area contributed by atoms with Crippen molar-refractivity contribution in [1.82, 2.24) is 24.8 Å². The van der Waals surface area contributed by atoms with Crippen molar-refractivity contribution in [3.63, 3.8) is 0 Å². The van der Waals surface area contributed by atoms with Gasteiger partial charge in [0.1, 0.15) is 5.82 Å². The molecule has 1 saturated heterocycles. The molecule has 234 valence electrons. The number of anilines is 1. The Labute approximate surface area is 263 Å². The maximum Gasteiger partial charge on any atom is 0.254 e. The molecular formula is C36H41FN6O2. The van der Waals surface area contributed by atoms with Gasteiger partial charge in [0, 0.05) is 85.0 Å². The molecule has 1 amide bonds. The molecule has 4 aromatic rings. The number of aryl methyl sites for hydroxylation is 2. The van der Waals surface area contributed by atoms with Gasteiger partial charge in [-0.25, -0.2) is 9.37 Å². The Morgan fingerprint density at radius 2 is 1.87 bits per heavy atom. The van der Waals surface area contributed by atoms with Gasteiger partial charge in [-0.15, -0.1) is 0 Å². The Bertz CT molecular complexity index is 1780. The second-order valence-electron chi connectivity index (χ2n) is 12.5. The van der Waals surface area contributed by atoms with Gasteiger partial charge in [-0.3, -0.25) is 9.78 Å². The molecule has 1 aliphatic carbocycles. The second kappa shape index (κ2) is 12.3. The molecule has 5 heterocycles. The van der Waals surface area contributed by atoms with E-state index < -0.39 is 5.82 Å². The van der Waals surface area contributed by atoms with E-state index in [9.17, 15) is 9.18 Å². The average Bonchev–Trinajstić information content (AvgIpc) is 3.83. The second-order valence-corrected chi connectivity index (χ2v) is 12.5. The summed E-state index contributed by atoms with van der Waals surface area (Å²) in [5, 5.41) is 4.65. The highest BCUT2D eigenvalue weighted by Gasteiger charge is 2.29. The third-order valence-corrected chi connectivity index (χ3v) is 9.42. The molecule has 1 aromatic carbocycles. The summed E-state index contributed by atoms with van der Waals surface area (Å²) < 4.78 is 21.7. The molecule has 0 spiro atoms. The lowest BCUT2D eigenvalue weighted by Crippen LogP contribution is -2.49. The highest BCUT2D eigenvalue weighted by atomic mass is 19.1. The van der Waals surface area contributed by atoms with Gasteiger partial charge in [-0.2, -0.15) is 0 Å². The molecule has 0 bridgehead atoms. The lowest BCUT2D eigenvalue weighted by Gasteiger charge is -2.36. The summed E-state index contributed by atoms with van der Waals surface area (Å²) in [4.78, 5) is 27.2. The minimum absolute atomic E-state index is 0.0185. The molecule has 1 saturated carbocycles. The van der Waals surface area contributed by atoms with E-state index in [1.165, 1.54) is 54.6 Å². The van der Waals surface area contributed by atoms with Crippen molar-refractivity contribution in [2.24, 2.45) is 5.92 Å². The van der Waals surface area contributed by atoms with Crippen LogP contribution in [0, 0.1) is 18.7 Å². The normalized spacial score (nSPS) is 17.1. The first-order valence-electron chi connectivity index (χ1n) is 16.2. The number of methoxy groups -OCH3 is 1. The molecule has 1 N–H and O–H groups in total. The maximum atomic E-state index is 14.2. The molecule has 0 atom stereocenters. The van der Waals surface area contributed by atoms with Crippen LogP contribution in [0.15, 0.2) is 48.8 Å². The SMILES string of the molecule is CCc1cc(C)ncc1-c1cc(C(=O)N2CCN(c3ncc(F)cc3OC)CC2)cc2cc(C3=CCCNC3)n(CC3CC3)c12. The predicted molar refractivity (Wildman–Crippen MR) is 176 cm³/mol. The number of benzene rings is 1. The Hall–Kier alpha value is -4.24. The van der Waals surface area contributed by atoms with E-state index >= 15 is 0 Å². The first kappa shape index (κ1) is 29.5. The highest BCUT2D eigenvalue weighted by molar-refractivity contribution is 6.05. The number of fused-ring (bicyclic) bond motifs is 1. The number of nitrogens with zero attached hydrogens (tertiary/aromatic N) is 5. The maximum absolute atomic E-state index is 14.2. The van der Waals surface area contributed by atoms with E-state index in [1.807, 2.05) is 18.0 Å². The van der Waals surface area contributed by atoms with E-state index in [4.69, 9.17) is 9.72 Å². The summed E-state index contributed by atoms with van der Waals surface area (Å²) in [6.07, 6.45) is 10.00. The van der Waals surface area contributed by atoms with Crippen molar-refractivity contribution < 1.29 is 13.9 Å². The van der Waals surface area contributed by atoms with Crippen molar-refractivity contribution in [2.45, 2.75) is 46.1 Å². The number of pyridine rings is 2. The van der Waals surface area contributed by atoms with Crippen LogP contribution in [0.3, 0.4) is 0 Å². The van der Waals surface area contributed by atoms with E-state index in [1.54, 1.807) is 0 Å². The number of hydrogen-bond donors (Lipinski definition) is 1. The summed E-state index contributed by atoms with van der Waals surface area (Å²) >= 11 is 0. The van der Waals surface area contributed by atoms with Crippen molar-refractivity contribution in [3.8, 4) is 16.9 Å². The van der Waals surface area contributed by atoms with Crippen LogP contribution in [-0.2, 0) is 13.0 Å². The lowest BCUT2D eigenvalue weighted by atomic mass is 9.95. The van der Waals surface area contributed by atoms with Crippen molar-refractivity contribution in [1.29, 1.82) is 0 Å². The molecule has 3 aliphatic rings. The molecule has 45 heavy (non-hydrogen) atoms. The Morgan fingerprint density at radius 3 is 2.58 bits per heavy atom. The van der Waals surface area contributed by atoms with E-state index in [-0.39, 0.29) is 5.91 Å². The molecule has 7 rings (SSSR count). The largest absolute Gasteiger partial charge is 0.493 e. The quantitative estimate of drug-likeness (QED) is 0.270. The summed E-state index contributed by atoms with van der Waals surface area (Å²) in [5.74, 6) is 1.28. The van der Waals surface area contributed by atoms with Crippen molar-refractivity contribution in [2.75, 3.05) is 51.3 Å². The number of aromatic nitrogens is 3. The van der Waals surface area contributed by atoms with Gasteiger partial charge >= 0.3 is 0 Å². The topological polar surface area (TPSA) is 75.5 Å². The van der Waals surface area contributed by atoms with Gasteiger partial charge in [0.2, 0.25) is 0 Å². The highest BCUT2D eigenvalue weighted by Crippen LogP contribution is 2.40. The standard InChI is InChI=1S/C36H41FN6O2/c1-4-25-14-23(2)39-21-31(25)30-16-28(36(44)42-12-10-41(11-13-42)35-33(45-3)18-29(37)20-40-35)15-27-17-32(26-6-5-9-38-19-26)43(34(27)30)22-24-7-8-24/h6,14-18,20-21,24,38H,4-5,7-13,19,22H2,1-3H3. The number of ether oxygens (including phenoxy) is 1. The molecule has 0 unspecified atom stereocenters. The third-order valence-electron chi connectivity index (χ3n) is 9.42. The zero-order chi connectivity index (χ0) is 31.1. The third kappa shape index (κ3) is 5.81. The zero-order valence-electron chi connectivity index (χ0n) is 26.4. The van der Waals surface area contributed by atoms with Crippen molar-refractivity contribution in [3.05, 3.63) is 77.1 Å². The predicted octanol–water partition coefficient (Wildman–Crippen LogP) is 5.87. The fourth-order valence-corrected chi connectivity index (χ4v) is 6.85. The Kier molecular flexibility index (Phi) is 8.04. The Balaban J connectivity index is 1.29. The van der Waals surface area contributed by atoms with Gasteiger partial charge in [-0.05, 0) is 80.5 Å². The van der Waals surface area contributed by atoms with Crippen LogP contribution in [0.25, 0.3) is 27.6 Å². The summed E-state index contributed by atoms with van der Waals surface area (Å²) in [5.41, 5.74) is 8.88. The fourth-order valence-electron chi connectivity index (χ4n) is 6.85. The molecule has 9 heteroatoms. The number of carbonyl (C=O) groups excluding carboxylic acids is 1. The zero-order valence-corrected chi connectivity index (χ0v) is 26.4. The fraction of sp³-hybridized carbons (Fsp3) is 0.417. The summed E-state index contributed by atoms with van der Waals surface area (Å²) in [7, 11) is 1.52. The minimum atomic E-state index is -0.434. The summed E-state index contributed by atoms with van der Waals surface area (Å²) in [6.45, 7) is 9.30. The van der Waals surface area contributed by atoms with Gasteiger partial charge in [-0.1, -0.05) is 13.0 Å². The molecule has 0 radical (unpaired) electrons. The van der Waals surface area contributed by atoms with Gasteiger partial charge in [0.05, 0.1) is 18.8 Å². The smallest absolute Gasteiger partial charge is 0.254 e. The van der Waals surface area contributed by atoms with Crippen LogP contribution in [0.4, 0.5) is 10.2 Å². The number of amides is 1. The molecular weight excluding hydrogens is 567 g/mol. The lowest BCUT2D eigenvalue weighted by molar-refractivity contribution is 0.0746. The number of halogens is 1. The number of rotatable bonds is 8. The number of hydrogen-bond acceptors (Lipinski definition) is 6. The number of carbonyl (C=O) groups is 1. The average molecular weight is 609 g/mol. The van der Waals surface area contributed by atoms with Crippen LogP contribution in [0.1, 0.15) is 53.5 Å². The molecule has 2 aliphatic heterocycles. The molecule has 8 nitrogen and oxygen atoms in total. The first-order chi connectivity index (χ1) is 21.9. The van der Waals surface area contributed by atoms with Crippen LogP contribution in [0.5, 0.6) is 5.75 Å². The molecule has 2 fully saturated rings. The number of piperazine rings is 1. The van der Waals surface area contributed by atoms with Crippen LogP contribution < -0.4 is 15.0 Å². The van der Waals surface area contributed by atoms with Crippen LogP contribution in [-0.4, -0.2) is 71.7 Å². The summed E-state index contributed by atoms with van der Waals surface area (Å²) in [6, 6.07) is 10.0. The molecule has 3 aromatic heterocycles. The Morgan fingerprint density at radius 1 is 1.04 bits per heavy atom. The van der Waals surface area contributed by atoms with Crippen LogP contribution in [0.2, 0.25) is 0 Å². The van der Waals surface area contributed by atoms with Crippen molar-refractivity contribution >= 4 is 28.2 Å². The number of nitrogens with one attached hydrogen (secondary N) is 1. The van der Waals surface area contributed by atoms with Gasteiger partial charge in [0.25, 0.3) is 5.91 Å². The first-order valence-corrected chi connectivity index (χ1v) is 16.2.